The van der Waals surface area contributed by atoms with Crippen LogP contribution in [0.3, 0.4) is 0 Å². The molecule has 1 heterocycles. The number of carboxylic acids is 1. The third-order valence-electron chi connectivity index (χ3n) is 7.36. The summed E-state index contributed by atoms with van der Waals surface area (Å²) >= 11 is 0. The van der Waals surface area contributed by atoms with Gasteiger partial charge in [-0.15, -0.1) is 0 Å². The summed E-state index contributed by atoms with van der Waals surface area (Å²) in [4.78, 5) is 28.7. The monoisotopic (exact) mass is 646 g/mol. The number of benzene rings is 3. The van der Waals surface area contributed by atoms with E-state index in [0.717, 1.165) is 35.6 Å². The SMILES string of the molecule is C=CP(OCC)/C(N)=C/N(N)CCCCCNC(=O)c1ccc(-c2c3ccc(=[NH+]C)cc-3oc3cc(OC)ccc23)c(C(=O)O)c1. The molecule has 0 radical (unpaired) electrons. The summed E-state index contributed by atoms with van der Waals surface area (Å²) in [6.45, 7) is 7.21. The average molecular weight is 647 g/mol. The fourth-order valence-corrected chi connectivity index (χ4v) is 6.09. The molecule has 0 saturated carbocycles. The minimum Gasteiger partial charge on any atom is -0.497 e. The molecule has 242 valence electrons. The molecule has 0 bridgehead atoms. The number of ether oxygens (including phenoxy) is 1. The number of hydrogen-bond donors (Lipinski definition) is 5. The lowest BCUT2D eigenvalue weighted by Gasteiger charge is -2.18. The number of carbonyl (C=O) groups is 2. The zero-order valence-corrected chi connectivity index (χ0v) is 27.2. The van der Waals surface area contributed by atoms with E-state index in [0.29, 0.717) is 53.4 Å². The molecule has 0 aromatic heterocycles. The summed E-state index contributed by atoms with van der Waals surface area (Å²) in [5.74, 6) is 7.43. The van der Waals surface area contributed by atoms with Crippen molar-refractivity contribution in [2.24, 2.45) is 11.6 Å². The molecule has 1 amide bonds. The standard InChI is InChI=1S/C34H40N5O6P/c1-5-44-46(6-2)31(35)21-39(36)17-9-7-8-16-38-33(40)22-10-13-25(28(18-22)34(41)42)32-26-14-11-23(37-3)19-29(26)45-30-20-24(43-4)12-15-27(30)32/h6,10-15,18-21H,2,5,7-9,16-17,35-36H2,1,3-4H3,(H,38,40)(H,41,42)/p+1/b31-21+,37-23?. The lowest BCUT2D eigenvalue weighted by atomic mass is 9.89. The first-order valence-electron chi connectivity index (χ1n) is 14.9. The van der Waals surface area contributed by atoms with Gasteiger partial charge in [-0.3, -0.25) is 4.79 Å². The molecule has 0 spiro atoms. The molecule has 2 aromatic rings. The predicted molar refractivity (Wildman–Crippen MR) is 180 cm³/mol. The van der Waals surface area contributed by atoms with E-state index in [1.165, 1.54) is 11.1 Å². The third kappa shape index (κ3) is 8.11. The van der Waals surface area contributed by atoms with Gasteiger partial charge >= 0.3 is 5.97 Å². The van der Waals surface area contributed by atoms with Crippen molar-refractivity contribution in [3.8, 4) is 28.2 Å². The van der Waals surface area contributed by atoms with Gasteiger partial charge < -0.3 is 34.8 Å². The largest absolute Gasteiger partial charge is 0.497 e. The molecular weight excluding hydrogens is 605 g/mol. The Balaban J connectivity index is 1.49. The van der Waals surface area contributed by atoms with Crippen molar-refractivity contribution in [1.29, 1.82) is 0 Å². The molecule has 1 aliphatic carbocycles. The summed E-state index contributed by atoms with van der Waals surface area (Å²) in [6.07, 6.45) is 4.01. The lowest BCUT2D eigenvalue weighted by Crippen LogP contribution is -2.71. The van der Waals surface area contributed by atoms with Crippen LogP contribution in [0.1, 0.15) is 46.9 Å². The van der Waals surface area contributed by atoms with Gasteiger partial charge in [0.25, 0.3) is 5.91 Å². The summed E-state index contributed by atoms with van der Waals surface area (Å²) in [6, 6.07) is 15.8. The number of amides is 1. The summed E-state index contributed by atoms with van der Waals surface area (Å²) < 4.78 is 17.2. The van der Waals surface area contributed by atoms with Crippen LogP contribution in [-0.2, 0) is 4.52 Å². The lowest BCUT2D eigenvalue weighted by molar-refractivity contribution is -0.465. The molecule has 2 aliphatic rings. The van der Waals surface area contributed by atoms with Crippen LogP contribution in [0.5, 0.6) is 5.75 Å². The van der Waals surface area contributed by atoms with E-state index in [4.69, 9.17) is 25.3 Å². The van der Waals surface area contributed by atoms with Gasteiger partial charge in [-0.05, 0) is 67.9 Å². The van der Waals surface area contributed by atoms with Crippen molar-refractivity contribution in [3.05, 3.63) is 95.1 Å². The van der Waals surface area contributed by atoms with Gasteiger partial charge in [0, 0.05) is 60.1 Å². The number of fused-ring (bicyclic) bond motifs is 2. The summed E-state index contributed by atoms with van der Waals surface area (Å²) in [7, 11) is 2.32. The van der Waals surface area contributed by atoms with Crippen LogP contribution in [0.2, 0.25) is 0 Å². The van der Waals surface area contributed by atoms with Gasteiger partial charge in [0.1, 0.15) is 32.3 Å². The molecule has 0 fully saturated rings. The Morgan fingerprint density at radius 1 is 1.11 bits per heavy atom. The summed E-state index contributed by atoms with van der Waals surface area (Å²) in [5.41, 5.74) is 9.33. The first-order chi connectivity index (χ1) is 22.2. The predicted octanol–water partition coefficient (Wildman–Crippen LogP) is 3.93. The quantitative estimate of drug-likeness (QED) is 0.0423. The van der Waals surface area contributed by atoms with E-state index in [2.05, 4.69) is 16.9 Å². The first-order valence-corrected chi connectivity index (χ1v) is 16.3. The Morgan fingerprint density at radius 3 is 2.59 bits per heavy atom. The Kier molecular flexibility index (Phi) is 11.9. The molecule has 1 unspecified atom stereocenters. The Labute approximate surface area is 269 Å². The van der Waals surface area contributed by atoms with E-state index >= 15 is 0 Å². The average Bonchev–Trinajstić information content (AvgIpc) is 3.06. The molecule has 12 heteroatoms. The van der Waals surface area contributed by atoms with Gasteiger partial charge in [0.05, 0.1) is 24.2 Å². The molecule has 7 N–H and O–H groups in total. The fourth-order valence-electron chi connectivity index (χ4n) is 5.09. The Morgan fingerprint density at radius 2 is 1.89 bits per heavy atom. The van der Waals surface area contributed by atoms with Crippen molar-refractivity contribution >= 4 is 31.0 Å². The number of nitrogens with zero attached hydrogens (tertiary/aromatic N) is 1. The van der Waals surface area contributed by atoms with Crippen LogP contribution >= 0.6 is 8.15 Å². The normalized spacial score (nSPS) is 12.7. The second kappa shape index (κ2) is 16.0. The molecular formula is C34H41N5O6P+. The van der Waals surface area contributed by atoms with E-state index in [1.54, 1.807) is 43.4 Å². The van der Waals surface area contributed by atoms with Crippen LogP contribution in [0.25, 0.3) is 33.4 Å². The number of methoxy groups -OCH3 is 1. The van der Waals surface area contributed by atoms with Crippen molar-refractivity contribution in [2.75, 3.05) is 33.9 Å². The molecule has 2 aromatic carbocycles. The van der Waals surface area contributed by atoms with Crippen LogP contribution in [0, 0.1) is 0 Å². The Bertz CT molecular complexity index is 1790. The van der Waals surface area contributed by atoms with Gasteiger partial charge in [-0.25, -0.2) is 15.6 Å². The zero-order valence-electron chi connectivity index (χ0n) is 26.3. The molecule has 1 aliphatic heterocycles. The van der Waals surface area contributed by atoms with E-state index < -0.39 is 14.1 Å². The van der Waals surface area contributed by atoms with Crippen LogP contribution in [-0.4, -0.2) is 55.8 Å². The van der Waals surface area contributed by atoms with Crippen LogP contribution in [0.15, 0.2) is 83.0 Å². The van der Waals surface area contributed by atoms with Crippen molar-refractivity contribution in [2.45, 2.75) is 26.2 Å². The number of nitrogens with one attached hydrogen (secondary N) is 2. The van der Waals surface area contributed by atoms with Crippen LogP contribution < -0.4 is 32.0 Å². The topological polar surface area (TPSA) is 167 Å². The van der Waals surface area contributed by atoms with Gasteiger partial charge in [0.2, 0.25) is 5.36 Å². The maximum Gasteiger partial charge on any atom is 0.336 e. The number of hydrazine groups is 1. The van der Waals surface area contributed by atoms with Gasteiger partial charge in [0.15, 0.2) is 0 Å². The van der Waals surface area contributed by atoms with E-state index in [-0.39, 0.29) is 17.0 Å². The van der Waals surface area contributed by atoms with E-state index in [1.807, 2.05) is 38.2 Å². The number of nitrogens with two attached hydrogens (primary N) is 2. The summed E-state index contributed by atoms with van der Waals surface area (Å²) in [5, 5.41) is 16.3. The number of carbonyl (C=O) groups excluding carboxylic acids is 1. The van der Waals surface area contributed by atoms with Crippen molar-refractivity contribution < 1.29 is 33.4 Å². The maximum atomic E-state index is 13.0. The second-order valence-electron chi connectivity index (χ2n) is 10.4. The molecule has 0 saturated heterocycles. The first kappa shape index (κ1) is 34.2. The minimum atomic E-state index is -1.14. The number of rotatable bonds is 15. The Hall–Kier alpha value is -4.70. The fraction of sp³-hybridized carbons (Fsp3) is 0.265. The molecule has 11 nitrogen and oxygen atoms in total. The third-order valence-corrected chi connectivity index (χ3v) is 8.86. The smallest absolute Gasteiger partial charge is 0.336 e. The molecule has 1 atom stereocenters. The van der Waals surface area contributed by atoms with Crippen LogP contribution in [0.4, 0.5) is 0 Å². The number of hydrogen-bond acceptors (Lipinski definition) is 8. The highest BCUT2D eigenvalue weighted by Crippen LogP contribution is 2.44. The highest BCUT2D eigenvalue weighted by Gasteiger charge is 2.23. The minimum absolute atomic E-state index is 0.00906. The molecule has 4 rings (SSSR count). The highest BCUT2D eigenvalue weighted by atomic mass is 31.1. The highest BCUT2D eigenvalue weighted by molar-refractivity contribution is 7.60. The maximum absolute atomic E-state index is 13.0. The van der Waals surface area contributed by atoms with Gasteiger partial charge in [-0.1, -0.05) is 12.6 Å². The second-order valence-corrected chi connectivity index (χ2v) is 12.2. The molecule has 46 heavy (non-hydrogen) atoms. The number of unbranched alkanes of at least 4 members (excludes halogenated alkanes) is 2. The van der Waals surface area contributed by atoms with Crippen molar-refractivity contribution in [3.63, 3.8) is 0 Å². The number of aromatic carboxylic acids is 1. The van der Waals surface area contributed by atoms with Crippen molar-refractivity contribution in [1.82, 2.24) is 10.3 Å². The number of carboxylic acid groups (broad SMARTS) is 1. The zero-order chi connectivity index (χ0) is 33.2. The van der Waals surface area contributed by atoms with E-state index in [9.17, 15) is 14.7 Å². The van der Waals surface area contributed by atoms with Gasteiger partial charge in [-0.2, -0.15) is 0 Å².